The number of amides is 1. The van der Waals surface area contributed by atoms with E-state index in [2.05, 4.69) is 26.8 Å². The van der Waals surface area contributed by atoms with Gasteiger partial charge in [0, 0.05) is 31.1 Å². The third-order valence-electron chi connectivity index (χ3n) is 4.75. The van der Waals surface area contributed by atoms with Gasteiger partial charge in [-0.05, 0) is 31.2 Å². The molecule has 1 saturated heterocycles. The highest BCUT2D eigenvalue weighted by atomic mass is 16.3. The van der Waals surface area contributed by atoms with Crippen LogP contribution < -0.4 is 0 Å². The van der Waals surface area contributed by atoms with Crippen molar-refractivity contribution >= 4 is 16.9 Å². The van der Waals surface area contributed by atoms with Crippen LogP contribution in [-0.4, -0.2) is 50.1 Å². The highest BCUT2D eigenvalue weighted by Crippen LogP contribution is 2.23. The van der Waals surface area contributed by atoms with E-state index in [1.807, 2.05) is 43.3 Å². The molecule has 0 unspecified atom stereocenters. The van der Waals surface area contributed by atoms with Gasteiger partial charge in [-0.2, -0.15) is 0 Å². The number of hydrogen-bond acceptors (Lipinski definition) is 5. The first-order valence-corrected chi connectivity index (χ1v) is 8.66. The molecule has 0 radical (unpaired) electrons. The topological polar surface area (TPSA) is 79.2 Å². The van der Waals surface area contributed by atoms with Crippen molar-refractivity contribution in [2.24, 2.45) is 0 Å². The molecule has 1 fully saturated rings. The Morgan fingerprint density at radius 1 is 1.22 bits per heavy atom. The summed E-state index contributed by atoms with van der Waals surface area (Å²) in [6.45, 7) is 2.41. The minimum Gasteiger partial charge on any atom is -0.369 e. The fourth-order valence-electron chi connectivity index (χ4n) is 3.12. The van der Waals surface area contributed by atoms with Gasteiger partial charge in [-0.25, -0.2) is 15.0 Å². The molecule has 3 heterocycles. The van der Waals surface area contributed by atoms with Gasteiger partial charge in [0.1, 0.15) is 11.8 Å². The van der Waals surface area contributed by atoms with E-state index in [0.29, 0.717) is 18.5 Å². The number of aryl methyl sites for hydroxylation is 1. The maximum atomic E-state index is 12.0. The minimum atomic E-state index is -1.60. The van der Waals surface area contributed by atoms with Gasteiger partial charge in [-0.15, -0.1) is 0 Å². The van der Waals surface area contributed by atoms with Gasteiger partial charge in [0.2, 0.25) is 5.60 Å². The zero-order valence-electron chi connectivity index (χ0n) is 15.1. The number of hydrogen-bond donors (Lipinski definition) is 1. The van der Waals surface area contributed by atoms with Crippen molar-refractivity contribution in [2.45, 2.75) is 18.9 Å². The summed E-state index contributed by atoms with van der Waals surface area (Å²) in [5.74, 6) is 5.33. The van der Waals surface area contributed by atoms with Crippen molar-refractivity contribution in [1.82, 2.24) is 19.9 Å². The predicted molar refractivity (Wildman–Crippen MR) is 102 cm³/mol. The lowest BCUT2D eigenvalue weighted by Crippen LogP contribution is -2.37. The Balaban J connectivity index is 1.69. The lowest BCUT2D eigenvalue weighted by molar-refractivity contribution is -0.137. The van der Waals surface area contributed by atoms with E-state index in [1.54, 1.807) is 7.05 Å². The normalized spacial score (nSPS) is 19.2. The Bertz CT molecular complexity index is 1120. The van der Waals surface area contributed by atoms with Crippen LogP contribution in [0.1, 0.15) is 17.7 Å². The smallest absolute Gasteiger partial charge is 0.267 e. The van der Waals surface area contributed by atoms with Crippen LogP contribution in [0.15, 0.2) is 42.7 Å². The number of aromatic nitrogens is 3. The molecule has 4 rings (SSSR count). The molecule has 1 aliphatic heterocycles. The molecular formula is C21H18N4O2. The number of rotatable bonds is 1. The summed E-state index contributed by atoms with van der Waals surface area (Å²) in [5.41, 5.74) is 3.19. The number of likely N-dealkylation sites (tertiary alicyclic amines) is 1. The Kier molecular flexibility index (Phi) is 4.09. The molecule has 0 aliphatic carbocycles. The van der Waals surface area contributed by atoms with Gasteiger partial charge < -0.3 is 10.0 Å². The van der Waals surface area contributed by atoms with Gasteiger partial charge in [-0.1, -0.05) is 24.0 Å². The quantitative estimate of drug-likeness (QED) is 0.673. The molecule has 1 atom stereocenters. The van der Waals surface area contributed by atoms with Crippen LogP contribution in [-0.2, 0) is 4.79 Å². The van der Waals surface area contributed by atoms with E-state index in [4.69, 9.17) is 0 Å². The molecule has 1 aliphatic rings. The fraction of sp³-hybridized carbons (Fsp3) is 0.238. The molecule has 27 heavy (non-hydrogen) atoms. The van der Waals surface area contributed by atoms with Crippen LogP contribution in [0.3, 0.4) is 0 Å². The van der Waals surface area contributed by atoms with Crippen LogP contribution in [0.2, 0.25) is 0 Å². The SMILES string of the molecule is Cc1ncnc2ccc(-c3cccc(C#C[C@]4(O)CCN(C)C4=O)c3)nc12. The molecule has 6 nitrogen and oxygen atoms in total. The average molecular weight is 358 g/mol. The number of nitrogens with zero attached hydrogens (tertiary/aromatic N) is 4. The summed E-state index contributed by atoms with van der Waals surface area (Å²) in [7, 11) is 1.67. The maximum absolute atomic E-state index is 12.0. The molecule has 1 aromatic carbocycles. The number of benzene rings is 1. The van der Waals surface area contributed by atoms with Crippen molar-refractivity contribution in [3.05, 3.63) is 54.0 Å². The number of fused-ring (bicyclic) bond motifs is 1. The first-order valence-electron chi connectivity index (χ1n) is 8.66. The van der Waals surface area contributed by atoms with E-state index in [-0.39, 0.29) is 5.91 Å². The summed E-state index contributed by atoms with van der Waals surface area (Å²) >= 11 is 0. The lowest BCUT2D eigenvalue weighted by atomic mass is 10.0. The summed E-state index contributed by atoms with van der Waals surface area (Å²) in [5, 5.41) is 10.4. The Morgan fingerprint density at radius 3 is 2.85 bits per heavy atom. The van der Waals surface area contributed by atoms with Crippen molar-refractivity contribution in [2.75, 3.05) is 13.6 Å². The second-order valence-corrected chi connectivity index (χ2v) is 6.69. The standard InChI is InChI=1S/C21H18N4O2/c1-14-19-18(23-13-22-14)7-6-17(24-19)16-5-3-4-15(12-16)8-9-21(27)10-11-25(2)20(21)26/h3-7,12-13,27H,10-11H2,1-2H3/t21-/m0/s1. The molecule has 3 aromatic rings. The second-order valence-electron chi connectivity index (χ2n) is 6.69. The average Bonchev–Trinajstić information content (AvgIpc) is 2.95. The third-order valence-corrected chi connectivity index (χ3v) is 4.75. The van der Waals surface area contributed by atoms with E-state index < -0.39 is 5.60 Å². The first-order chi connectivity index (χ1) is 13.0. The number of likely N-dealkylation sites (N-methyl/N-ethyl adjacent to an activating group) is 1. The van der Waals surface area contributed by atoms with Crippen molar-refractivity contribution in [3.63, 3.8) is 0 Å². The summed E-state index contributed by atoms with van der Waals surface area (Å²) in [6, 6.07) is 11.4. The van der Waals surface area contributed by atoms with Gasteiger partial charge in [-0.3, -0.25) is 4.79 Å². The van der Waals surface area contributed by atoms with Crippen LogP contribution >= 0.6 is 0 Å². The minimum absolute atomic E-state index is 0.320. The Morgan fingerprint density at radius 2 is 2.07 bits per heavy atom. The van der Waals surface area contributed by atoms with Gasteiger partial charge in [0.05, 0.1) is 16.9 Å². The van der Waals surface area contributed by atoms with Crippen molar-refractivity contribution < 1.29 is 9.90 Å². The fourth-order valence-corrected chi connectivity index (χ4v) is 3.12. The molecule has 1 amide bonds. The second kappa shape index (κ2) is 6.45. The lowest BCUT2D eigenvalue weighted by Gasteiger charge is -2.13. The Hall–Kier alpha value is -3.30. The third kappa shape index (κ3) is 3.14. The predicted octanol–water partition coefficient (Wildman–Crippen LogP) is 1.94. The van der Waals surface area contributed by atoms with Gasteiger partial charge >= 0.3 is 0 Å². The maximum Gasteiger partial charge on any atom is 0.267 e. The molecule has 2 aromatic heterocycles. The van der Waals surface area contributed by atoms with Crippen molar-refractivity contribution in [3.8, 4) is 23.1 Å². The van der Waals surface area contributed by atoms with E-state index in [0.717, 1.165) is 28.0 Å². The summed E-state index contributed by atoms with van der Waals surface area (Å²) < 4.78 is 0. The number of carbonyl (C=O) groups is 1. The molecule has 0 bridgehead atoms. The first kappa shape index (κ1) is 17.1. The number of aliphatic hydroxyl groups is 1. The summed E-state index contributed by atoms with van der Waals surface area (Å²) in [6.07, 6.45) is 1.85. The van der Waals surface area contributed by atoms with E-state index in [1.165, 1.54) is 11.2 Å². The molecule has 0 saturated carbocycles. The van der Waals surface area contributed by atoms with Crippen LogP contribution in [0.25, 0.3) is 22.3 Å². The summed E-state index contributed by atoms with van der Waals surface area (Å²) in [4.78, 5) is 26.6. The highest BCUT2D eigenvalue weighted by Gasteiger charge is 2.42. The number of carbonyl (C=O) groups excluding carboxylic acids is 1. The molecule has 1 N–H and O–H groups in total. The van der Waals surface area contributed by atoms with E-state index in [9.17, 15) is 9.90 Å². The zero-order chi connectivity index (χ0) is 19.0. The van der Waals surface area contributed by atoms with E-state index >= 15 is 0 Å². The molecule has 134 valence electrons. The van der Waals surface area contributed by atoms with Crippen LogP contribution in [0.4, 0.5) is 0 Å². The highest BCUT2D eigenvalue weighted by molar-refractivity contribution is 5.90. The Labute approximate surface area is 156 Å². The van der Waals surface area contributed by atoms with Crippen LogP contribution in [0, 0.1) is 18.8 Å². The zero-order valence-corrected chi connectivity index (χ0v) is 15.1. The van der Waals surface area contributed by atoms with Gasteiger partial charge in [0.25, 0.3) is 5.91 Å². The largest absolute Gasteiger partial charge is 0.369 e. The molecule has 6 heteroatoms. The number of pyridine rings is 1. The molecule has 0 spiro atoms. The van der Waals surface area contributed by atoms with Crippen molar-refractivity contribution in [1.29, 1.82) is 0 Å². The monoisotopic (exact) mass is 358 g/mol. The van der Waals surface area contributed by atoms with Gasteiger partial charge in [0.15, 0.2) is 0 Å². The molecular weight excluding hydrogens is 340 g/mol. The van der Waals surface area contributed by atoms with Crippen LogP contribution in [0.5, 0.6) is 0 Å².